The molecule has 0 aromatic heterocycles. The van der Waals surface area contributed by atoms with Gasteiger partial charge in [0.15, 0.2) is 0 Å². The summed E-state index contributed by atoms with van der Waals surface area (Å²) < 4.78 is 18.8. The Bertz CT molecular complexity index is 380. The first-order valence-electron chi connectivity index (χ1n) is 5.56. The second-order valence-electron chi connectivity index (χ2n) is 4.33. The third kappa shape index (κ3) is 1.56. The molecule has 2 nitrogen and oxygen atoms in total. The standard InChI is InChI=1S/C12H14FNO/c13-8-5-6-10-12(7-8)15-11-4-2-1-3-9(11)14-10/h5-7,9,11,14H,1-4H2. The number of hydrogen-bond donors (Lipinski definition) is 1. The average molecular weight is 207 g/mol. The van der Waals surface area contributed by atoms with Crippen LogP contribution < -0.4 is 10.1 Å². The van der Waals surface area contributed by atoms with Crippen molar-refractivity contribution in [3.05, 3.63) is 24.0 Å². The summed E-state index contributed by atoms with van der Waals surface area (Å²) in [5.74, 6) is 0.433. The highest BCUT2D eigenvalue weighted by molar-refractivity contribution is 5.59. The highest BCUT2D eigenvalue weighted by atomic mass is 19.1. The van der Waals surface area contributed by atoms with Gasteiger partial charge in [0.05, 0.1) is 11.7 Å². The van der Waals surface area contributed by atoms with Gasteiger partial charge >= 0.3 is 0 Å². The molecule has 1 saturated carbocycles. The van der Waals surface area contributed by atoms with Gasteiger partial charge in [-0.25, -0.2) is 4.39 Å². The number of benzene rings is 1. The summed E-state index contributed by atoms with van der Waals surface area (Å²) in [5.41, 5.74) is 0.930. The van der Waals surface area contributed by atoms with E-state index in [0.717, 1.165) is 18.5 Å². The molecule has 0 saturated heterocycles. The first-order valence-corrected chi connectivity index (χ1v) is 5.56. The molecule has 3 heteroatoms. The molecule has 1 aromatic rings. The van der Waals surface area contributed by atoms with E-state index in [4.69, 9.17) is 4.74 Å². The monoisotopic (exact) mass is 207 g/mol. The smallest absolute Gasteiger partial charge is 0.145 e. The molecule has 15 heavy (non-hydrogen) atoms. The summed E-state index contributed by atoms with van der Waals surface area (Å²) in [6, 6.07) is 5.11. The van der Waals surface area contributed by atoms with Crippen molar-refractivity contribution in [1.29, 1.82) is 0 Å². The Morgan fingerprint density at radius 1 is 1.27 bits per heavy atom. The Hall–Kier alpha value is -1.25. The molecule has 2 aliphatic rings. The zero-order valence-electron chi connectivity index (χ0n) is 8.50. The SMILES string of the molecule is Fc1ccc2c(c1)OC1CCCCC1N2. The van der Waals surface area contributed by atoms with Crippen molar-refractivity contribution >= 4 is 5.69 Å². The van der Waals surface area contributed by atoms with Crippen molar-refractivity contribution < 1.29 is 9.13 Å². The fraction of sp³-hybridized carbons (Fsp3) is 0.500. The van der Waals surface area contributed by atoms with E-state index >= 15 is 0 Å². The van der Waals surface area contributed by atoms with Crippen molar-refractivity contribution in [2.45, 2.75) is 37.8 Å². The van der Waals surface area contributed by atoms with E-state index in [1.165, 1.54) is 25.0 Å². The van der Waals surface area contributed by atoms with Crippen molar-refractivity contribution in [3.8, 4) is 5.75 Å². The Morgan fingerprint density at radius 2 is 2.13 bits per heavy atom. The summed E-state index contributed by atoms with van der Waals surface area (Å²) in [7, 11) is 0. The predicted octanol–water partition coefficient (Wildman–Crippen LogP) is 2.94. The molecule has 1 fully saturated rings. The Kier molecular flexibility index (Phi) is 2.04. The molecule has 0 amide bonds. The van der Waals surface area contributed by atoms with Crippen LogP contribution in [0, 0.1) is 5.82 Å². The fourth-order valence-corrected chi connectivity index (χ4v) is 2.48. The minimum Gasteiger partial charge on any atom is -0.486 e. The Balaban J connectivity index is 1.92. The number of ether oxygens (including phenoxy) is 1. The van der Waals surface area contributed by atoms with E-state index < -0.39 is 0 Å². The molecule has 0 spiro atoms. The minimum atomic E-state index is -0.232. The lowest BCUT2D eigenvalue weighted by atomic mass is 9.91. The minimum absolute atomic E-state index is 0.230. The topological polar surface area (TPSA) is 21.3 Å². The molecular weight excluding hydrogens is 193 g/mol. The zero-order valence-corrected chi connectivity index (χ0v) is 8.50. The molecule has 1 aliphatic heterocycles. The van der Waals surface area contributed by atoms with Gasteiger partial charge in [0.1, 0.15) is 17.7 Å². The van der Waals surface area contributed by atoms with E-state index in [1.807, 2.05) is 0 Å². The first-order chi connectivity index (χ1) is 7.33. The second kappa shape index (κ2) is 3.40. The van der Waals surface area contributed by atoms with E-state index in [1.54, 1.807) is 6.07 Å². The summed E-state index contributed by atoms with van der Waals surface area (Å²) in [4.78, 5) is 0. The number of halogens is 1. The summed E-state index contributed by atoms with van der Waals surface area (Å²) in [6.07, 6.45) is 4.93. The van der Waals surface area contributed by atoms with Crippen LogP contribution in [0.5, 0.6) is 5.75 Å². The van der Waals surface area contributed by atoms with Gasteiger partial charge < -0.3 is 10.1 Å². The van der Waals surface area contributed by atoms with Crippen molar-refractivity contribution in [1.82, 2.24) is 0 Å². The van der Waals surface area contributed by atoms with Crippen LogP contribution >= 0.6 is 0 Å². The maximum Gasteiger partial charge on any atom is 0.145 e. The maximum atomic E-state index is 13.0. The zero-order chi connectivity index (χ0) is 10.3. The summed E-state index contributed by atoms with van der Waals surface area (Å²) in [5, 5.41) is 3.43. The number of anilines is 1. The van der Waals surface area contributed by atoms with Gasteiger partial charge in [0, 0.05) is 6.07 Å². The molecule has 1 aliphatic carbocycles. The van der Waals surface area contributed by atoms with Gasteiger partial charge in [0.2, 0.25) is 0 Å². The largest absolute Gasteiger partial charge is 0.486 e. The Morgan fingerprint density at radius 3 is 3.07 bits per heavy atom. The Labute approximate surface area is 88.4 Å². The van der Waals surface area contributed by atoms with E-state index in [0.29, 0.717) is 11.8 Å². The van der Waals surface area contributed by atoms with Crippen LogP contribution in [0.4, 0.5) is 10.1 Å². The van der Waals surface area contributed by atoms with Gasteiger partial charge in [-0.3, -0.25) is 0 Å². The van der Waals surface area contributed by atoms with Crippen LogP contribution in [0.2, 0.25) is 0 Å². The van der Waals surface area contributed by atoms with Gasteiger partial charge in [-0.2, -0.15) is 0 Å². The lowest BCUT2D eigenvalue weighted by molar-refractivity contribution is 0.130. The van der Waals surface area contributed by atoms with E-state index in [-0.39, 0.29) is 11.9 Å². The number of nitrogens with one attached hydrogen (secondary N) is 1. The van der Waals surface area contributed by atoms with Crippen LogP contribution in [0.25, 0.3) is 0 Å². The van der Waals surface area contributed by atoms with Gasteiger partial charge in [0.25, 0.3) is 0 Å². The first kappa shape index (κ1) is 9.01. The van der Waals surface area contributed by atoms with Gasteiger partial charge in [-0.15, -0.1) is 0 Å². The van der Waals surface area contributed by atoms with Crippen LogP contribution in [0.15, 0.2) is 18.2 Å². The highest BCUT2D eigenvalue weighted by Crippen LogP contribution is 2.36. The summed E-state index contributed by atoms with van der Waals surface area (Å²) >= 11 is 0. The quantitative estimate of drug-likeness (QED) is 0.706. The molecule has 3 rings (SSSR count). The molecule has 0 radical (unpaired) electrons. The molecular formula is C12H14FNO. The van der Waals surface area contributed by atoms with Crippen molar-refractivity contribution in [2.75, 3.05) is 5.32 Å². The predicted molar refractivity (Wildman–Crippen MR) is 56.7 cm³/mol. The van der Waals surface area contributed by atoms with Crippen LogP contribution in [0.3, 0.4) is 0 Å². The molecule has 2 atom stereocenters. The summed E-state index contributed by atoms with van der Waals surface area (Å²) in [6.45, 7) is 0. The number of hydrogen-bond acceptors (Lipinski definition) is 2. The fourth-order valence-electron chi connectivity index (χ4n) is 2.48. The van der Waals surface area contributed by atoms with Gasteiger partial charge in [-0.05, 0) is 31.4 Å². The van der Waals surface area contributed by atoms with Crippen molar-refractivity contribution in [3.63, 3.8) is 0 Å². The third-order valence-corrected chi connectivity index (χ3v) is 3.27. The number of fused-ring (bicyclic) bond motifs is 2. The lowest BCUT2D eigenvalue weighted by Crippen LogP contribution is -2.43. The van der Waals surface area contributed by atoms with Crippen molar-refractivity contribution in [2.24, 2.45) is 0 Å². The average Bonchev–Trinajstić information content (AvgIpc) is 2.26. The van der Waals surface area contributed by atoms with Gasteiger partial charge in [-0.1, -0.05) is 6.42 Å². The molecule has 80 valence electrons. The van der Waals surface area contributed by atoms with Crippen LogP contribution in [-0.2, 0) is 0 Å². The normalized spacial score (nSPS) is 28.3. The molecule has 2 unspecified atom stereocenters. The second-order valence-corrected chi connectivity index (χ2v) is 4.33. The number of rotatable bonds is 0. The van der Waals surface area contributed by atoms with E-state index in [9.17, 15) is 4.39 Å². The molecule has 1 aromatic carbocycles. The lowest BCUT2D eigenvalue weighted by Gasteiger charge is -2.38. The molecule has 0 bridgehead atoms. The maximum absolute atomic E-state index is 13.0. The van der Waals surface area contributed by atoms with Crippen LogP contribution in [0.1, 0.15) is 25.7 Å². The highest BCUT2D eigenvalue weighted by Gasteiger charge is 2.31. The third-order valence-electron chi connectivity index (χ3n) is 3.27. The molecule has 1 N–H and O–H groups in total. The van der Waals surface area contributed by atoms with E-state index in [2.05, 4.69) is 5.32 Å². The van der Waals surface area contributed by atoms with Crippen LogP contribution in [-0.4, -0.2) is 12.1 Å². The molecule has 1 heterocycles.